The number of aromatic nitrogens is 1. The maximum absolute atomic E-state index is 5.51. The number of pyridine rings is 1. The molecule has 0 spiro atoms. The summed E-state index contributed by atoms with van der Waals surface area (Å²) in [6.45, 7) is 4.92. The fourth-order valence-electron chi connectivity index (χ4n) is 1.25. The number of anilines is 1. The third kappa shape index (κ3) is 2.45. The maximum atomic E-state index is 5.51. The molecule has 0 saturated carbocycles. The van der Waals surface area contributed by atoms with Crippen molar-refractivity contribution in [1.82, 2.24) is 4.98 Å². The highest BCUT2D eigenvalue weighted by Gasteiger charge is 2.08. The van der Waals surface area contributed by atoms with Gasteiger partial charge in [0.15, 0.2) is 0 Å². The average Bonchev–Trinajstić information content (AvgIpc) is 2.27. The van der Waals surface area contributed by atoms with Crippen LogP contribution in [-0.4, -0.2) is 18.1 Å². The summed E-state index contributed by atoms with van der Waals surface area (Å²) in [7, 11) is 2.07. The van der Waals surface area contributed by atoms with Crippen molar-refractivity contribution >= 4 is 5.82 Å². The lowest BCUT2D eigenvalue weighted by Gasteiger charge is -2.24. The first-order chi connectivity index (χ1) is 6.69. The number of hydrogen-bond acceptors (Lipinski definition) is 3. The van der Waals surface area contributed by atoms with E-state index in [-0.39, 0.29) is 0 Å². The minimum absolute atomic E-state index is 0.520. The summed E-state index contributed by atoms with van der Waals surface area (Å²) in [5.41, 5.74) is 6.58. The first-order valence-electron chi connectivity index (χ1n) is 5.06. The van der Waals surface area contributed by atoms with Crippen LogP contribution in [0.4, 0.5) is 5.82 Å². The van der Waals surface area contributed by atoms with Crippen LogP contribution >= 0.6 is 0 Å². The SMILES string of the molecule is CCC(C)N(C)c1ccc(CN)cn1. The third-order valence-electron chi connectivity index (χ3n) is 2.66. The van der Waals surface area contributed by atoms with Gasteiger partial charge in [-0.25, -0.2) is 4.98 Å². The highest BCUT2D eigenvalue weighted by Crippen LogP contribution is 2.13. The smallest absolute Gasteiger partial charge is 0.128 e. The van der Waals surface area contributed by atoms with Crippen molar-refractivity contribution in [2.24, 2.45) is 5.73 Å². The molecule has 0 saturated heterocycles. The molecule has 14 heavy (non-hydrogen) atoms. The fraction of sp³-hybridized carbons (Fsp3) is 0.545. The van der Waals surface area contributed by atoms with E-state index in [1.807, 2.05) is 18.3 Å². The topological polar surface area (TPSA) is 42.1 Å². The fourth-order valence-corrected chi connectivity index (χ4v) is 1.25. The van der Waals surface area contributed by atoms with Crippen molar-refractivity contribution in [3.8, 4) is 0 Å². The number of nitrogens with zero attached hydrogens (tertiary/aromatic N) is 2. The average molecular weight is 193 g/mol. The Hall–Kier alpha value is -1.09. The second-order valence-corrected chi connectivity index (χ2v) is 3.60. The molecule has 0 aliphatic heterocycles. The van der Waals surface area contributed by atoms with E-state index in [1.165, 1.54) is 0 Å². The summed E-state index contributed by atoms with van der Waals surface area (Å²) >= 11 is 0. The molecular formula is C11H19N3. The molecule has 78 valence electrons. The molecule has 0 bridgehead atoms. The van der Waals surface area contributed by atoms with Crippen molar-refractivity contribution in [1.29, 1.82) is 0 Å². The van der Waals surface area contributed by atoms with E-state index in [9.17, 15) is 0 Å². The van der Waals surface area contributed by atoms with E-state index in [1.54, 1.807) is 0 Å². The monoisotopic (exact) mass is 193 g/mol. The first kappa shape index (κ1) is 11.0. The molecule has 0 radical (unpaired) electrons. The Morgan fingerprint density at radius 3 is 2.64 bits per heavy atom. The van der Waals surface area contributed by atoms with Gasteiger partial charge in [0.1, 0.15) is 5.82 Å². The van der Waals surface area contributed by atoms with Crippen molar-refractivity contribution in [2.75, 3.05) is 11.9 Å². The second kappa shape index (κ2) is 4.96. The molecule has 0 amide bonds. The Morgan fingerprint density at radius 2 is 2.21 bits per heavy atom. The molecule has 0 aliphatic carbocycles. The van der Waals surface area contributed by atoms with Gasteiger partial charge in [-0.15, -0.1) is 0 Å². The van der Waals surface area contributed by atoms with Crippen LogP contribution in [0.5, 0.6) is 0 Å². The molecule has 3 nitrogen and oxygen atoms in total. The first-order valence-corrected chi connectivity index (χ1v) is 5.06. The molecule has 1 aromatic heterocycles. The van der Waals surface area contributed by atoms with Crippen LogP contribution in [-0.2, 0) is 6.54 Å². The molecule has 1 heterocycles. The van der Waals surface area contributed by atoms with Crippen LogP contribution in [0, 0.1) is 0 Å². The Bertz CT molecular complexity index is 268. The number of rotatable bonds is 4. The quantitative estimate of drug-likeness (QED) is 0.792. The van der Waals surface area contributed by atoms with Gasteiger partial charge in [0, 0.05) is 25.8 Å². The highest BCUT2D eigenvalue weighted by atomic mass is 15.2. The van der Waals surface area contributed by atoms with Crippen LogP contribution in [0.15, 0.2) is 18.3 Å². The molecule has 1 atom stereocenters. The Balaban J connectivity index is 2.75. The Labute approximate surface area is 85.9 Å². The van der Waals surface area contributed by atoms with Crippen molar-refractivity contribution in [3.05, 3.63) is 23.9 Å². The largest absolute Gasteiger partial charge is 0.357 e. The van der Waals surface area contributed by atoms with Gasteiger partial charge >= 0.3 is 0 Å². The van der Waals surface area contributed by atoms with E-state index in [0.29, 0.717) is 12.6 Å². The van der Waals surface area contributed by atoms with Crippen LogP contribution in [0.1, 0.15) is 25.8 Å². The lowest BCUT2D eigenvalue weighted by molar-refractivity contribution is 0.656. The van der Waals surface area contributed by atoms with Gasteiger partial charge in [0.2, 0.25) is 0 Å². The third-order valence-corrected chi connectivity index (χ3v) is 2.66. The zero-order valence-electron chi connectivity index (χ0n) is 9.20. The molecule has 0 aliphatic rings. The van der Waals surface area contributed by atoms with E-state index < -0.39 is 0 Å². The minimum atomic E-state index is 0.520. The zero-order valence-corrected chi connectivity index (χ0v) is 9.20. The van der Waals surface area contributed by atoms with E-state index in [2.05, 4.69) is 30.8 Å². The van der Waals surface area contributed by atoms with Crippen LogP contribution in [0.2, 0.25) is 0 Å². The maximum Gasteiger partial charge on any atom is 0.128 e. The van der Waals surface area contributed by atoms with Crippen molar-refractivity contribution in [3.63, 3.8) is 0 Å². The highest BCUT2D eigenvalue weighted by molar-refractivity contribution is 5.39. The van der Waals surface area contributed by atoms with Crippen LogP contribution < -0.4 is 10.6 Å². The molecule has 0 aromatic carbocycles. The van der Waals surface area contributed by atoms with Gasteiger partial charge in [0.05, 0.1) is 0 Å². The second-order valence-electron chi connectivity index (χ2n) is 3.60. The summed E-state index contributed by atoms with van der Waals surface area (Å²) in [6, 6.07) is 4.57. The van der Waals surface area contributed by atoms with Crippen molar-refractivity contribution < 1.29 is 0 Å². The van der Waals surface area contributed by atoms with Gasteiger partial charge in [-0.05, 0) is 25.0 Å². The van der Waals surface area contributed by atoms with E-state index >= 15 is 0 Å². The molecule has 3 heteroatoms. The number of hydrogen-bond donors (Lipinski definition) is 1. The predicted molar refractivity (Wildman–Crippen MR) is 60.3 cm³/mol. The number of nitrogens with two attached hydrogens (primary N) is 1. The van der Waals surface area contributed by atoms with Gasteiger partial charge in [-0.1, -0.05) is 13.0 Å². The lowest BCUT2D eigenvalue weighted by atomic mass is 10.2. The van der Waals surface area contributed by atoms with Crippen molar-refractivity contribution in [2.45, 2.75) is 32.9 Å². The van der Waals surface area contributed by atoms with E-state index in [0.717, 1.165) is 17.8 Å². The molecular weight excluding hydrogens is 174 g/mol. The molecule has 1 rings (SSSR count). The van der Waals surface area contributed by atoms with Crippen LogP contribution in [0.3, 0.4) is 0 Å². The van der Waals surface area contributed by atoms with Gasteiger partial charge in [0.25, 0.3) is 0 Å². The molecule has 1 unspecified atom stereocenters. The van der Waals surface area contributed by atoms with Gasteiger partial charge < -0.3 is 10.6 Å². The molecule has 1 aromatic rings. The predicted octanol–water partition coefficient (Wildman–Crippen LogP) is 1.78. The van der Waals surface area contributed by atoms with Crippen LogP contribution in [0.25, 0.3) is 0 Å². The zero-order chi connectivity index (χ0) is 10.6. The Kier molecular flexibility index (Phi) is 3.89. The summed E-state index contributed by atoms with van der Waals surface area (Å²) in [5.74, 6) is 1.01. The minimum Gasteiger partial charge on any atom is -0.357 e. The standard InChI is InChI=1S/C11H19N3/c1-4-9(2)14(3)11-6-5-10(7-12)8-13-11/h5-6,8-9H,4,7,12H2,1-3H3. The summed E-state index contributed by atoms with van der Waals surface area (Å²) in [4.78, 5) is 6.55. The Morgan fingerprint density at radius 1 is 1.50 bits per heavy atom. The normalized spacial score (nSPS) is 12.6. The molecule has 0 fully saturated rings. The lowest BCUT2D eigenvalue weighted by Crippen LogP contribution is -2.28. The summed E-state index contributed by atoms with van der Waals surface area (Å²) in [6.07, 6.45) is 2.96. The summed E-state index contributed by atoms with van der Waals surface area (Å²) < 4.78 is 0. The summed E-state index contributed by atoms with van der Waals surface area (Å²) in [5, 5.41) is 0. The van der Waals surface area contributed by atoms with Gasteiger partial charge in [-0.2, -0.15) is 0 Å². The van der Waals surface area contributed by atoms with E-state index in [4.69, 9.17) is 5.73 Å². The molecule has 2 N–H and O–H groups in total. The van der Waals surface area contributed by atoms with Gasteiger partial charge in [-0.3, -0.25) is 0 Å².